The Kier molecular flexibility index (Phi) is 5.49. The average Bonchev–Trinajstić information content (AvgIpc) is 3.16. The molecule has 0 spiro atoms. The van der Waals surface area contributed by atoms with Crippen molar-refractivity contribution in [2.45, 2.75) is 19.6 Å². The number of aromatic nitrogens is 3. The zero-order chi connectivity index (χ0) is 23.0. The normalized spacial score (nSPS) is 13.9. The molecule has 32 heavy (non-hydrogen) atoms. The molecule has 1 aromatic carbocycles. The average molecular weight is 450 g/mol. The molecule has 0 saturated carbocycles. The molecule has 0 N–H and O–H groups in total. The summed E-state index contributed by atoms with van der Waals surface area (Å²) in [5.41, 5.74) is -0.286. The zero-order valence-corrected chi connectivity index (χ0v) is 16.9. The second kappa shape index (κ2) is 8.13. The number of ether oxygens (including phenoxy) is 1. The highest BCUT2D eigenvalue weighted by Gasteiger charge is 2.35. The van der Waals surface area contributed by atoms with Gasteiger partial charge in [-0.25, -0.2) is 9.37 Å². The van der Waals surface area contributed by atoms with Crippen molar-refractivity contribution < 1.29 is 27.1 Å². The molecule has 0 atom stereocenters. The third kappa shape index (κ3) is 4.10. The lowest BCUT2D eigenvalue weighted by molar-refractivity contribution is -0.139. The fourth-order valence-electron chi connectivity index (χ4n) is 3.54. The second-order valence-electron chi connectivity index (χ2n) is 7.26. The Hall–Kier alpha value is -3.63. The van der Waals surface area contributed by atoms with Crippen LogP contribution in [0.1, 0.15) is 21.7 Å². The third-order valence-electron chi connectivity index (χ3n) is 5.11. The van der Waals surface area contributed by atoms with Crippen LogP contribution in [-0.4, -0.2) is 44.6 Å². The summed E-state index contributed by atoms with van der Waals surface area (Å²) in [6.45, 7) is 1.99. The first kappa shape index (κ1) is 21.6. The summed E-state index contributed by atoms with van der Waals surface area (Å²) in [5.74, 6) is -1.97. The van der Waals surface area contributed by atoms with E-state index in [1.165, 1.54) is 27.9 Å². The van der Waals surface area contributed by atoms with Gasteiger partial charge >= 0.3 is 6.18 Å². The number of pyridine rings is 1. The first-order valence-electron chi connectivity index (χ1n) is 9.69. The van der Waals surface area contributed by atoms with Crippen LogP contribution in [0, 0.1) is 12.7 Å². The molecule has 3 aromatic rings. The van der Waals surface area contributed by atoms with Crippen molar-refractivity contribution in [1.82, 2.24) is 19.0 Å². The summed E-state index contributed by atoms with van der Waals surface area (Å²) in [6.07, 6.45) is -1.56. The van der Waals surface area contributed by atoms with E-state index in [1.807, 2.05) is 0 Å². The van der Waals surface area contributed by atoms with Gasteiger partial charge in [0.15, 0.2) is 0 Å². The van der Waals surface area contributed by atoms with Gasteiger partial charge in [0.1, 0.15) is 35.1 Å². The molecule has 7 nitrogen and oxygen atoms in total. The van der Waals surface area contributed by atoms with Crippen LogP contribution in [0.2, 0.25) is 0 Å². The van der Waals surface area contributed by atoms with Crippen molar-refractivity contribution in [3.8, 4) is 11.4 Å². The number of hydrogen-bond acceptors (Lipinski definition) is 4. The molecule has 168 valence electrons. The highest BCUT2D eigenvalue weighted by atomic mass is 19.4. The van der Waals surface area contributed by atoms with Crippen LogP contribution in [0.3, 0.4) is 0 Å². The van der Waals surface area contributed by atoms with Gasteiger partial charge in [-0.15, -0.1) is 0 Å². The van der Waals surface area contributed by atoms with Crippen molar-refractivity contribution in [1.29, 1.82) is 0 Å². The number of imidazole rings is 1. The van der Waals surface area contributed by atoms with Gasteiger partial charge in [-0.1, -0.05) is 0 Å². The molecule has 1 aliphatic heterocycles. The predicted octanol–water partition coefficient (Wildman–Crippen LogP) is 3.04. The fourth-order valence-corrected chi connectivity index (χ4v) is 3.54. The van der Waals surface area contributed by atoms with Gasteiger partial charge in [0, 0.05) is 19.3 Å². The van der Waals surface area contributed by atoms with E-state index in [2.05, 4.69) is 4.98 Å². The summed E-state index contributed by atoms with van der Waals surface area (Å²) < 4.78 is 60.6. The smallest absolute Gasteiger partial charge is 0.420 e. The Bertz CT molecular complexity index is 1230. The number of aryl methyl sites for hydroxylation is 1. The Morgan fingerprint density at radius 3 is 2.59 bits per heavy atom. The van der Waals surface area contributed by atoms with E-state index in [-0.39, 0.29) is 37.5 Å². The molecule has 0 radical (unpaired) electrons. The first-order valence-corrected chi connectivity index (χ1v) is 9.69. The highest BCUT2D eigenvalue weighted by molar-refractivity contribution is 5.93. The number of carbonyl (C=O) groups excluding carboxylic acids is 1. The Morgan fingerprint density at radius 2 is 1.91 bits per heavy atom. The number of alkyl halides is 3. The minimum absolute atomic E-state index is 0.00413. The molecule has 0 unspecified atom stereocenters. The molecule has 3 heterocycles. The number of halogens is 4. The number of benzene rings is 1. The highest BCUT2D eigenvalue weighted by Crippen LogP contribution is 2.36. The van der Waals surface area contributed by atoms with Crippen molar-refractivity contribution in [3.05, 3.63) is 76.0 Å². The maximum absolute atomic E-state index is 13.2. The van der Waals surface area contributed by atoms with E-state index in [9.17, 15) is 27.2 Å². The fraction of sp³-hybridized carbons (Fsp3) is 0.286. The minimum Gasteiger partial charge on any atom is -0.491 e. The van der Waals surface area contributed by atoms with Crippen LogP contribution >= 0.6 is 0 Å². The van der Waals surface area contributed by atoms with Crippen LogP contribution < -0.4 is 10.3 Å². The van der Waals surface area contributed by atoms with Crippen molar-refractivity contribution in [3.63, 3.8) is 0 Å². The van der Waals surface area contributed by atoms with Crippen LogP contribution in [-0.2, 0) is 12.7 Å². The molecule has 0 bridgehead atoms. The van der Waals surface area contributed by atoms with Gasteiger partial charge in [-0.2, -0.15) is 13.2 Å². The molecule has 11 heteroatoms. The quantitative estimate of drug-likeness (QED) is 0.561. The number of nitrogens with zero attached hydrogens (tertiary/aromatic N) is 4. The predicted molar refractivity (Wildman–Crippen MR) is 105 cm³/mol. The molecule has 4 rings (SSSR count). The molecule has 1 amide bonds. The van der Waals surface area contributed by atoms with E-state index in [0.29, 0.717) is 11.8 Å². The van der Waals surface area contributed by atoms with Crippen molar-refractivity contribution >= 4 is 5.91 Å². The number of fused-ring (bicyclic) bond motifs is 1. The molecular formula is C21H18F4N4O3. The van der Waals surface area contributed by atoms with Gasteiger partial charge in [0.2, 0.25) is 0 Å². The summed E-state index contributed by atoms with van der Waals surface area (Å²) >= 11 is 0. The van der Waals surface area contributed by atoms with Crippen LogP contribution in [0.15, 0.2) is 47.7 Å². The monoisotopic (exact) mass is 450 g/mol. The lowest BCUT2D eigenvalue weighted by Gasteiger charge is -2.29. The molecule has 0 aliphatic carbocycles. The van der Waals surface area contributed by atoms with Gasteiger partial charge in [0.25, 0.3) is 11.5 Å². The van der Waals surface area contributed by atoms with E-state index in [1.54, 1.807) is 17.7 Å². The Balaban J connectivity index is 1.47. The number of amides is 1. The largest absolute Gasteiger partial charge is 0.491 e. The number of rotatable bonds is 5. The van der Waals surface area contributed by atoms with Gasteiger partial charge in [-0.3, -0.25) is 9.59 Å². The van der Waals surface area contributed by atoms with Crippen molar-refractivity contribution in [2.24, 2.45) is 0 Å². The SMILES string of the molecule is Cc1cn(-c2ccc3n(c2=O)CCN(CCOc2ccc(F)cc2C(F)(F)F)C3=O)cn1. The number of carbonyl (C=O) groups is 1. The Morgan fingerprint density at radius 1 is 1.12 bits per heavy atom. The van der Waals surface area contributed by atoms with Gasteiger partial charge in [0.05, 0.1) is 18.6 Å². The van der Waals surface area contributed by atoms with E-state index >= 15 is 0 Å². The van der Waals surface area contributed by atoms with Crippen LogP contribution in [0.5, 0.6) is 5.75 Å². The zero-order valence-electron chi connectivity index (χ0n) is 16.9. The van der Waals surface area contributed by atoms with E-state index in [4.69, 9.17) is 4.74 Å². The minimum atomic E-state index is -4.77. The molecular weight excluding hydrogens is 432 g/mol. The maximum atomic E-state index is 13.2. The van der Waals surface area contributed by atoms with Gasteiger partial charge in [-0.05, 0) is 37.3 Å². The third-order valence-corrected chi connectivity index (χ3v) is 5.11. The van der Waals surface area contributed by atoms with Crippen molar-refractivity contribution in [2.75, 3.05) is 19.7 Å². The molecule has 0 fully saturated rings. The second-order valence-corrected chi connectivity index (χ2v) is 7.26. The summed E-state index contributed by atoms with van der Waals surface area (Å²) in [7, 11) is 0. The lowest BCUT2D eigenvalue weighted by atomic mass is 10.2. The first-order chi connectivity index (χ1) is 15.1. The van der Waals surface area contributed by atoms with Gasteiger partial charge < -0.3 is 18.8 Å². The summed E-state index contributed by atoms with van der Waals surface area (Å²) in [5, 5.41) is 0. The van der Waals surface area contributed by atoms with Crippen LogP contribution in [0.25, 0.3) is 5.69 Å². The summed E-state index contributed by atoms with van der Waals surface area (Å²) in [4.78, 5) is 31.1. The topological polar surface area (TPSA) is 69.4 Å². The molecule has 0 saturated heterocycles. The van der Waals surface area contributed by atoms with E-state index < -0.39 is 29.2 Å². The number of hydrogen-bond donors (Lipinski definition) is 0. The Labute approximate surface area is 179 Å². The maximum Gasteiger partial charge on any atom is 0.420 e. The standard InChI is InChI=1S/C21H18F4N4O3/c1-13-11-28(12-26-13)16-3-4-17-19(30)27(6-7-29(17)20(16)31)8-9-32-18-5-2-14(22)10-15(18)21(23,24)25/h2-5,10-12H,6-9H2,1H3. The molecule has 1 aliphatic rings. The molecule has 2 aromatic heterocycles. The van der Waals surface area contributed by atoms with E-state index in [0.717, 1.165) is 17.8 Å². The van der Waals surface area contributed by atoms with Crippen LogP contribution in [0.4, 0.5) is 17.6 Å². The lowest BCUT2D eigenvalue weighted by Crippen LogP contribution is -2.46. The summed E-state index contributed by atoms with van der Waals surface area (Å²) in [6, 6.07) is 5.21.